The van der Waals surface area contributed by atoms with Crippen molar-refractivity contribution in [1.29, 1.82) is 0 Å². The number of benzene rings is 3. The summed E-state index contributed by atoms with van der Waals surface area (Å²) in [4.78, 5) is 23.8. The van der Waals surface area contributed by atoms with Crippen LogP contribution in [-0.4, -0.2) is 17.0 Å². The number of carbonyl (C=O) groups excluding carboxylic acids is 1. The number of rotatable bonds is 7. The number of ether oxygens (including phenoxy) is 1. The van der Waals surface area contributed by atoms with Crippen molar-refractivity contribution < 1.29 is 19.4 Å². The van der Waals surface area contributed by atoms with Crippen molar-refractivity contribution in [3.8, 4) is 11.5 Å². The van der Waals surface area contributed by atoms with Gasteiger partial charge in [0.1, 0.15) is 17.2 Å². The third-order valence-electron chi connectivity index (χ3n) is 4.47. The van der Waals surface area contributed by atoms with Crippen LogP contribution in [0.25, 0.3) is 6.08 Å². The van der Waals surface area contributed by atoms with Gasteiger partial charge >= 0.3 is 5.97 Å². The molecule has 0 spiro atoms. The lowest BCUT2D eigenvalue weighted by Crippen LogP contribution is -2.27. The molecule has 3 aromatic rings. The maximum absolute atomic E-state index is 12.3. The van der Waals surface area contributed by atoms with Gasteiger partial charge in [0.25, 0.3) is 5.91 Å². The van der Waals surface area contributed by atoms with Gasteiger partial charge in [-0.05, 0) is 53.5 Å². The largest absolute Gasteiger partial charge is 0.477 e. The third kappa shape index (κ3) is 5.35. The Labute approximate surface area is 175 Å². The molecule has 0 bridgehead atoms. The van der Waals surface area contributed by atoms with Gasteiger partial charge < -0.3 is 15.2 Å². The summed E-state index contributed by atoms with van der Waals surface area (Å²) in [7, 11) is 0. The highest BCUT2D eigenvalue weighted by atomic mass is 16.5. The van der Waals surface area contributed by atoms with Crippen LogP contribution < -0.4 is 10.1 Å². The zero-order valence-corrected chi connectivity index (χ0v) is 16.8. The van der Waals surface area contributed by atoms with Gasteiger partial charge in [0, 0.05) is 5.56 Å². The van der Waals surface area contributed by atoms with E-state index in [0.29, 0.717) is 22.8 Å². The molecule has 0 aliphatic heterocycles. The second-order valence-electron chi connectivity index (χ2n) is 7.05. The van der Waals surface area contributed by atoms with E-state index in [4.69, 9.17) is 4.74 Å². The van der Waals surface area contributed by atoms with Gasteiger partial charge in [-0.2, -0.15) is 0 Å². The number of nitrogens with one attached hydrogen (secondary N) is 1. The van der Waals surface area contributed by atoms with Crippen LogP contribution in [0.3, 0.4) is 0 Å². The fourth-order valence-electron chi connectivity index (χ4n) is 2.91. The molecular formula is C25H23NO4. The fourth-order valence-corrected chi connectivity index (χ4v) is 2.91. The van der Waals surface area contributed by atoms with E-state index in [2.05, 4.69) is 19.2 Å². The van der Waals surface area contributed by atoms with E-state index in [1.165, 1.54) is 6.08 Å². The number of aliphatic carboxylic acids is 1. The Morgan fingerprint density at radius 3 is 2.17 bits per heavy atom. The zero-order chi connectivity index (χ0) is 21.5. The van der Waals surface area contributed by atoms with Crippen molar-refractivity contribution in [2.45, 2.75) is 19.8 Å². The van der Waals surface area contributed by atoms with Crippen molar-refractivity contribution in [2.24, 2.45) is 0 Å². The molecule has 3 rings (SSSR count). The summed E-state index contributed by atoms with van der Waals surface area (Å²) in [6, 6.07) is 23.3. The van der Waals surface area contributed by atoms with E-state index in [9.17, 15) is 14.7 Å². The molecule has 3 aromatic carbocycles. The van der Waals surface area contributed by atoms with E-state index in [-0.39, 0.29) is 5.70 Å². The van der Waals surface area contributed by atoms with Crippen molar-refractivity contribution in [1.82, 2.24) is 5.32 Å². The molecule has 0 aliphatic rings. The molecule has 5 heteroatoms. The molecular weight excluding hydrogens is 378 g/mol. The van der Waals surface area contributed by atoms with Crippen LogP contribution in [0.4, 0.5) is 0 Å². The first kappa shape index (κ1) is 20.9. The Kier molecular flexibility index (Phi) is 6.65. The first-order valence-electron chi connectivity index (χ1n) is 9.62. The summed E-state index contributed by atoms with van der Waals surface area (Å²) in [5, 5.41) is 11.9. The Balaban J connectivity index is 1.76. The smallest absolute Gasteiger partial charge is 0.352 e. The average molecular weight is 401 g/mol. The minimum Gasteiger partial charge on any atom is -0.477 e. The Hall–Kier alpha value is -3.86. The Morgan fingerprint density at radius 1 is 0.900 bits per heavy atom. The maximum atomic E-state index is 12.3. The van der Waals surface area contributed by atoms with Crippen LogP contribution >= 0.6 is 0 Å². The number of para-hydroxylation sites is 1. The summed E-state index contributed by atoms with van der Waals surface area (Å²) < 4.78 is 5.99. The molecule has 0 fully saturated rings. The molecule has 5 nitrogen and oxygen atoms in total. The van der Waals surface area contributed by atoms with Crippen molar-refractivity contribution in [2.75, 3.05) is 0 Å². The number of hydrogen-bond acceptors (Lipinski definition) is 3. The molecule has 0 atom stereocenters. The lowest BCUT2D eigenvalue weighted by molar-refractivity contribution is -0.132. The molecule has 0 saturated heterocycles. The first-order valence-corrected chi connectivity index (χ1v) is 9.62. The molecule has 0 saturated carbocycles. The van der Waals surface area contributed by atoms with E-state index in [1.54, 1.807) is 54.6 Å². The van der Waals surface area contributed by atoms with Crippen LogP contribution in [0.15, 0.2) is 84.6 Å². The summed E-state index contributed by atoms with van der Waals surface area (Å²) in [6.45, 7) is 4.21. The molecule has 152 valence electrons. The van der Waals surface area contributed by atoms with Crippen LogP contribution in [0.5, 0.6) is 11.5 Å². The predicted octanol–water partition coefficient (Wildman–Crippen LogP) is 5.46. The number of amides is 1. The molecule has 1 amide bonds. The lowest BCUT2D eigenvalue weighted by atomic mass is 10.0. The molecule has 2 N–H and O–H groups in total. The topological polar surface area (TPSA) is 75.6 Å². The van der Waals surface area contributed by atoms with E-state index in [1.807, 2.05) is 24.3 Å². The van der Waals surface area contributed by atoms with Crippen molar-refractivity contribution in [3.05, 3.63) is 101 Å². The third-order valence-corrected chi connectivity index (χ3v) is 4.47. The summed E-state index contributed by atoms with van der Waals surface area (Å²) >= 11 is 0. The summed E-state index contributed by atoms with van der Waals surface area (Å²) in [5.74, 6) is 0.0670. The summed E-state index contributed by atoms with van der Waals surface area (Å²) in [5.41, 5.74) is 1.92. The van der Waals surface area contributed by atoms with Crippen molar-refractivity contribution >= 4 is 18.0 Å². The standard InChI is InChI=1S/C25H23NO4/c1-17(2)21-10-6-7-11-23(21)30-20-14-12-18(13-15-20)16-22(25(28)29)26-24(27)19-8-4-3-5-9-19/h3-17H,1-2H3,(H,26,27)(H,28,29)/b22-16-. The minimum atomic E-state index is -1.22. The molecule has 0 aromatic heterocycles. The van der Waals surface area contributed by atoms with Gasteiger partial charge in [0.15, 0.2) is 0 Å². The number of carboxylic acid groups (broad SMARTS) is 1. The van der Waals surface area contributed by atoms with E-state index in [0.717, 1.165) is 11.3 Å². The molecule has 0 heterocycles. The number of hydrogen-bond donors (Lipinski definition) is 2. The molecule has 30 heavy (non-hydrogen) atoms. The first-order chi connectivity index (χ1) is 14.4. The highest BCUT2D eigenvalue weighted by Gasteiger charge is 2.13. The van der Waals surface area contributed by atoms with Gasteiger partial charge in [-0.3, -0.25) is 4.79 Å². The molecule has 0 aliphatic carbocycles. The Bertz CT molecular complexity index is 1050. The van der Waals surface area contributed by atoms with Crippen LogP contribution in [0.2, 0.25) is 0 Å². The van der Waals surface area contributed by atoms with Gasteiger partial charge in [-0.15, -0.1) is 0 Å². The second kappa shape index (κ2) is 9.56. The highest BCUT2D eigenvalue weighted by Crippen LogP contribution is 2.30. The quantitative estimate of drug-likeness (QED) is 0.516. The predicted molar refractivity (Wildman–Crippen MR) is 117 cm³/mol. The summed E-state index contributed by atoms with van der Waals surface area (Å²) in [6.07, 6.45) is 1.41. The minimum absolute atomic E-state index is 0.206. The zero-order valence-electron chi connectivity index (χ0n) is 16.8. The van der Waals surface area contributed by atoms with Gasteiger partial charge in [-0.1, -0.05) is 62.4 Å². The second-order valence-corrected chi connectivity index (χ2v) is 7.05. The highest BCUT2D eigenvalue weighted by molar-refractivity contribution is 6.02. The molecule has 0 unspecified atom stereocenters. The van der Waals surface area contributed by atoms with Crippen LogP contribution in [0.1, 0.15) is 41.3 Å². The monoisotopic (exact) mass is 401 g/mol. The number of carbonyl (C=O) groups is 2. The molecule has 0 radical (unpaired) electrons. The maximum Gasteiger partial charge on any atom is 0.352 e. The number of carboxylic acids is 1. The normalized spacial score (nSPS) is 11.2. The van der Waals surface area contributed by atoms with Crippen LogP contribution in [-0.2, 0) is 4.79 Å². The SMILES string of the molecule is CC(C)c1ccccc1Oc1ccc(/C=C(\NC(=O)c2ccccc2)C(=O)O)cc1. The van der Waals surface area contributed by atoms with Gasteiger partial charge in [-0.25, -0.2) is 4.79 Å². The van der Waals surface area contributed by atoms with Gasteiger partial charge in [0.2, 0.25) is 0 Å². The van der Waals surface area contributed by atoms with Gasteiger partial charge in [0.05, 0.1) is 0 Å². The van der Waals surface area contributed by atoms with Crippen LogP contribution in [0, 0.1) is 0 Å². The Morgan fingerprint density at radius 2 is 1.53 bits per heavy atom. The van der Waals surface area contributed by atoms with E-state index >= 15 is 0 Å². The average Bonchev–Trinajstić information content (AvgIpc) is 2.75. The lowest BCUT2D eigenvalue weighted by Gasteiger charge is -2.13. The van der Waals surface area contributed by atoms with E-state index < -0.39 is 11.9 Å². The van der Waals surface area contributed by atoms with Crippen molar-refractivity contribution in [3.63, 3.8) is 0 Å². The fraction of sp³-hybridized carbons (Fsp3) is 0.120.